The van der Waals surface area contributed by atoms with Crippen molar-refractivity contribution in [3.63, 3.8) is 0 Å². The number of amides is 1. The zero-order valence-electron chi connectivity index (χ0n) is 10.6. The molecule has 1 N–H and O–H groups in total. The Balaban J connectivity index is 2.26. The first-order valence-electron chi connectivity index (χ1n) is 5.96. The third kappa shape index (κ3) is 3.29. The minimum atomic E-state index is -4.88. The van der Waals surface area contributed by atoms with Gasteiger partial charge in [0.25, 0.3) is 5.91 Å². The van der Waals surface area contributed by atoms with E-state index < -0.39 is 29.0 Å². The Bertz CT molecular complexity index is 603. The van der Waals surface area contributed by atoms with Gasteiger partial charge in [0.2, 0.25) is 0 Å². The number of carbonyl (C=O) groups excluding carboxylic acids is 1. The maximum Gasteiger partial charge on any atom is 0.419 e. The number of rotatable bonds is 2. The molecular formula is C13H10F4N2OS. The van der Waals surface area contributed by atoms with E-state index in [1.54, 1.807) is 0 Å². The molecule has 1 amide bonds. The molecule has 1 atom stereocenters. The summed E-state index contributed by atoms with van der Waals surface area (Å²) in [5.74, 6) is -1.19. The van der Waals surface area contributed by atoms with Crippen LogP contribution in [0.25, 0.3) is 0 Å². The van der Waals surface area contributed by atoms with Crippen molar-refractivity contribution >= 4 is 17.7 Å². The predicted octanol–water partition coefficient (Wildman–Crippen LogP) is 2.97. The first kappa shape index (κ1) is 15.6. The molecule has 1 heterocycles. The third-order valence-corrected chi connectivity index (χ3v) is 4.31. The Morgan fingerprint density at radius 2 is 2.14 bits per heavy atom. The number of benzene rings is 1. The Morgan fingerprint density at radius 1 is 1.43 bits per heavy atom. The first-order chi connectivity index (χ1) is 9.77. The molecule has 1 saturated heterocycles. The van der Waals surface area contributed by atoms with Crippen molar-refractivity contribution in [2.45, 2.75) is 18.1 Å². The molecule has 1 aromatic carbocycles. The van der Waals surface area contributed by atoms with Crippen LogP contribution in [0.5, 0.6) is 0 Å². The zero-order chi connectivity index (χ0) is 15.7. The summed E-state index contributed by atoms with van der Waals surface area (Å²) in [5.41, 5.74) is -2.90. The Kier molecular flexibility index (Phi) is 4.14. The molecule has 112 valence electrons. The summed E-state index contributed by atoms with van der Waals surface area (Å²) in [5, 5.41) is 11.6. The predicted molar refractivity (Wildman–Crippen MR) is 69.2 cm³/mol. The third-order valence-electron chi connectivity index (χ3n) is 3.12. The lowest BCUT2D eigenvalue weighted by molar-refractivity contribution is -0.140. The van der Waals surface area contributed by atoms with Gasteiger partial charge in [0.1, 0.15) is 11.4 Å². The highest BCUT2D eigenvalue weighted by molar-refractivity contribution is 7.99. The summed E-state index contributed by atoms with van der Waals surface area (Å²) < 4.78 is 51.0. The van der Waals surface area contributed by atoms with Crippen molar-refractivity contribution in [2.75, 3.05) is 11.5 Å². The van der Waals surface area contributed by atoms with E-state index in [1.165, 1.54) is 11.8 Å². The quantitative estimate of drug-likeness (QED) is 0.853. The van der Waals surface area contributed by atoms with E-state index in [0.717, 1.165) is 6.07 Å². The van der Waals surface area contributed by atoms with Crippen LogP contribution in [0.1, 0.15) is 22.3 Å². The molecular weight excluding hydrogens is 308 g/mol. The summed E-state index contributed by atoms with van der Waals surface area (Å²) in [6.07, 6.45) is -4.45. The lowest BCUT2D eigenvalue weighted by Crippen LogP contribution is -2.47. The summed E-state index contributed by atoms with van der Waals surface area (Å²) in [7, 11) is 0. The monoisotopic (exact) mass is 318 g/mol. The molecule has 1 aromatic rings. The number of nitrogens with zero attached hydrogens (tertiary/aromatic N) is 1. The molecule has 2 rings (SSSR count). The smallest absolute Gasteiger partial charge is 0.333 e. The maximum absolute atomic E-state index is 13.2. The van der Waals surface area contributed by atoms with Crippen molar-refractivity contribution in [3.05, 3.63) is 35.1 Å². The summed E-state index contributed by atoms with van der Waals surface area (Å²) in [6, 6.07) is 4.00. The first-order valence-corrected chi connectivity index (χ1v) is 7.11. The summed E-state index contributed by atoms with van der Waals surface area (Å²) in [4.78, 5) is 12.0. The van der Waals surface area contributed by atoms with Gasteiger partial charge < -0.3 is 5.32 Å². The fraction of sp³-hybridized carbons (Fsp3) is 0.385. The number of alkyl halides is 3. The Labute approximate surface area is 122 Å². The molecule has 3 nitrogen and oxygen atoms in total. The number of nitrogens with one attached hydrogen (secondary N) is 1. The van der Waals surface area contributed by atoms with Crippen molar-refractivity contribution in [3.8, 4) is 6.07 Å². The minimum Gasteiger partial charge on any atom is -0.333 e. The van der Waals surface area contributed by atoms with Gasteiger partial charge in [-0.15, -0.1) is 0 Å². The second kappa shape index (κ2) is 5.56. The van der Waals surface area contributed by atoms with Gasteiger partial charge in [-0.05, 0) is 30.4 Å². The fourth-order valence-electron chi connectivity index (χ4n) is 1.95. The van der Waals surface area contributed by atoms with Crippen LogP contribution in [0.4, 0.5) is 17.6 Å². The molecule has 0 aliphatic carbocycles. The molecule has 1 aliphatic rings. The van der Waals surface area contributed by atoms with E-state index >= 15 is 0 Å². The summed E-state index contributed by atoms with van der Waals surface area (Å²) in [6.45, 7) is 0. The van der Waals surface area contributed by atoms with Crippen molar-refractivity contribution < 1.29 is 22.4 Å². The topological polar surface area (TPSA) is 52.9 Å². The lowest BCUT2D eigenvalue weighted by atomic mass is 10.00. The lowest BCUT2D eigenvalue weighted by Gasteiger charge is -2.21. The Morgan fingerprint density at radius 3 is 2.67 bits per heavy atom. The van der Waals surface area contributed by atoms with E-state index in [4.69, 9.17) is 5.26 Å². The fourth-order valence-corrected chi connectivity index (χ4v) is 3.22. The van der Waals surface area contributed by atoms with Crippen molar-refractivity contribution in [1.29, 1.82) is 5.26 Å². The zero-order valence-corrected chi connectivity index (χ0v) is 11.4. The van der Waals surface area contributed by atoms with Crippen molar-refractivity contribution in [2.24, 2.45) is 0 Å². The van der Waals surface area contributed by atoms with E-state index in [9.17, 15) is 22.4 Å². The number of hydrogen-bond acceptors (Lipinski definition) is 3. The molecule has 1 unspecified atom stereocenters. The molecule has 0 spiro atoms. The van der Waals surface area contributed by atoms with Crippen LogP contribution >= 0.6 is 11.8 Å². The SMILES string of the molecule is N#CC1(NC(=O)c2ccc(F)c(C(F)(F)F)c2)CCSC1. The number of nitriles is 1. The van der Waals surface area contributed by atoms with Gasteiger partial charge in [0, 0.05) is 11.3 Å². The van der Waals surface area contributed by atoms with Gasteiger partial charge in [0.15, 0.2) is 0 Å². The van der Waals surface area contributed by atoms with Crippen molar-refractivity contribution in [1.82, 2.24) is 5.32 Å². The van der Waals surface area contributed by atoms with Crippen LogP contribution in [0.15, 0.2) is 18.2 Å². The van der Waals surface area contributed by atoms with Crippen LogP contribution in [0.3, 0.4) is 0 Å². The van der Waals surface area contributed by atoms with E-state index in [-0.39, 0.29) is 5.56 Å². The average molecular weight is 318 g/mol. The molecule has 0 radical (unpaired) electrons. The van der Waals surface area contributed by atoms with Gasteiger partial charge in [-0.1, -0.05) is 0 Å². The van der Waals surface area contributed by atoms with Gasteiger partial charge in [-0.2, -0.15) is 30.2 Å². The van der Waals surface area contributed by atoms with Gasteiger partial charge >= 0.3 is 6.18 Å². The standard InChI is InChI=1S/C13H10F4N2OS/c14-10-2-1-8(5-9(10)13(15,16)17)11(20)19-12(6-18)3-4-21-7-12/h1-2,5H,3-4,7H2,(H,19,20). The normalized spacial score (nSPS) is 21.9. The molecule has 1 fully saturated rings. The number of hydrogen-bond donors (Lipinski definition) is 1. The van der Waals surface area contributed by atoms with E-state index in [0.29, 0.717) is 30.1 Å². The number of thioether (sulfide) groups is 1. The maximum atomic E-state index is 13.2. The molecule has 0 aromatic heterocycles. The van der Waals surface area contributed by atoms with Crippen LogP contribution in [-0.4, -0.2) is 23.0 Å². The molecule has 8 heteroatoms. The molecule has 21 heavy (non-hydrogen) atoms. The highest BCUT2D eigenvalue weighted by atomic mass is 32.2. The number of halogens is 4. The number of carbonyl (C=O) groups is 1. The Hall–Kier alpha value is -1.75. The highest BCUT2D eigenvalue weighted by Crippen LogP contribution is 2.32. The van der Waals surface area contributed by atoms with E-state index in [2.05, 4.69) is 5.32 Å². The van der Waals surface area contributed by atoms with Crippen LogP contribution in [0, 0.1) is 17.1 Å². The van der Waals surface area contributed by atoms with Crippen LogP contribution in [0.2, 0.25) is 0 Å². The largest absolute Gasteiger partial charge is 0.419 e. The molecule has 0 saturated carbocycles. The van der Waals surface area contributed by atoms with Gasteiger partial charge in [-0.3, -0.25) is 4.79 Å². The second-order valence-electron chi connectivity index (χ2n) is 4.64. The van der Waals surface area contributed by atoms with E-state index in [1.807, 2.05) is 6.07 Å². The average Bonchev–Trinajstić information content (AvgIpc) is 2.87. The van der Waals surface area contributed by atoms with Gasteiger partial charge in [-0.25, -0.2) is 4.39 Å². The molecule has 0 bridgehead atoms. The second-order valence-corrected chi connectivity index (χ2v) is 5.75. The van der Waals surface area contributed by atoms with Crippen LogP contribution in [-0.2, 0) is 6.18 Å². The van der Waals surface area contributed by atoms with Gasteiger partial charge in [0.05, 0.1) is 11.6 Å². The highest BCUT2D eigenvalue weighted by Gasteiger charge is 2.38. The summed E-state index contributed by atoms with van der Waals surface area (Å²) >= 11 is 1.48. The minimum absolute atomic E-state index is 0.324. The molecule has 1 aliphatic heterocycles. The van der Waals surface area contributed by atoms with Crippen LogP contribution < -0.4 is 5.32 Å².